The highest BCUT2D eigenvalue weighted by molar-refractivity contribution is 9.11. The van der Waals surface area contributed by atoms with Gasteiger partial charge < -0.3 is 0 Å². The number of rotatable bonds is 3. The molecule has 0 aliphatic rings. The topological polar surface area (TPSA) is 51.2 Å². The van der Waals surface area contributed by atoms with Crippen LogP contribution in [0.3, 0.4) is 0 Å². The normalized spacial score (nSPS) is 9.57. The second kappa shape index (κ2) is 4.61. The predicted octanol–water partition coefficient (Wildman–Crippen LogP) is 2.65. The van der Waals surface area contributed by atoms with Gasteiger partial charge in [0, 0.05) is 25.6 Å². The van der Waals surface area contributed by atoms with E-state index in [4.69, 9.17) is 0 Å². The second-order valence-electron chi connectivity index (χ2n) is 2.43. The van der Waals surface area contributed by atoms with Gasteiger partial charge in [-0.2, -0.15) is 0 Å². The molecule has 0 bridgehead atoms. The third-order valence-electron chi connectivity index (χ3n) is 1.70. The molecule has 1 rings (SSSR count). The molecule has 14 heavy (non-hydrogen) atoms. The summed E-state index contributed by atoms with van der Waals surface area (Å²) in [6, 6.07) is 1.56. The van der Waals surface area contributed by atoms with Crippen LogP contribution in [0, 0.1) is 0 Å². The highest BCUT2D eigenvalue weighted by atomic mass is 79.9. The SMILES string of the molecule is O=Cc1c(Br)cc(Br)c(C=O)c1C=O. The first-order chi connectivity index (χ1) is 6.65. The average molecular weight is 320 g/mol. The summed E-state index contributed by atoms with van der Waals surface area (Å²) in [5.74, 6) is 0. The lowest BCUT2D eigenvalue weighted by Crippen LogP contribution is -2.00. The minimum atomic E-state index is 0.0938. The van der Waals surface area contributed by atoms with Crippen molar-refractivity contribution in [2.75, 3.05) is 0 Å². The number of halogens is 2. The Balaban J connectivity index is 3.67. The molecule has 0 amide bonds. The third-order valence-corrected chi connectivity index (χ3v) is 3.01. The molecule has 0 radical (unpaired) electrons. The lowest BCUT2D eigenvalue weighted by atomic mass is 10.0. The fourth-order valence-electron chi connectivity index (χ4n) is 1.04. The molecule has 0 heterocycles. The molecule has 3 nitrogen and oxygen atoms in total. The van der Waals surface area contributed by atoms with Crippen LogP contribution in [0.1, 0.15) is 31.1 Å². The zero-order chi connectivity index (χ0) is 10.7. The Bertz CT molecular complexity index is 381. The molecule has 1 aromatic rings. The number of benzene rings is 1. The van der Waals surface area contributed by atoms with E-state index >= 15 is 0 Å². The number of aldehydes is 3. The van der Waals surface area contributed by atoms with Gasteiger partial charge in [-0.3, -0.25) is 14.4 Å². The maximum atomic E-state index is 10.7. The van der Waals surface area contributed by atoms with Crippen molar-refractivity contribution in [3.8, 4) is 0 Å². The van der Waals surface area contributed by atoms with Crippen LogP contribution in [-0.2, 0) is 0 Å². The molecule has 0 N–H and O–H groups in total. The van der Waals surface area contributed by atoms with Crippen molar-refractivity contribution < 1.29 is 14.4 Å². The van der Waals surface area contributed by atoms with Crippen LogP contribution in [0.25, 0.3) is 0 Å². The predicted molar refractivity (Wildman–Crippen MR) is 58.0 cm³/mol. The molecule has 0 aliphatic carbocycles. The van der Waals surface area contributed by atoms with Gasteiger partial charge in [0.1, 0.15) is 0 Å². The molecule has 0 spiro atoms. The van der Waals surface area contributed by atoms with Gasteiger partial charge in [0.2, 0.25) is 0 Å². The van der Waals surface area contributed by atoms with E-state index in [1.165, 1.54) is 0 Å². The van der Waals surface area contributed by atoms with Gasteiger partial charge in [0.15, 0.2) is 18.9 Å². The molecule has 0 aromatic heterocycles. The summed E-state index contributed by atoms with van der Waals surface area (Å²) in [4.78, 5) is 32.0. The number of carbonyl (C=O) groups is 3. The Morgan fingerprint density at radius 2 is 1.14 bits per heavy atom. The zero-order valence-electron chi connectivity index (χ0n) is 6.79. The Morgan fingerprint density at radius 3 is 1.43 bits per heavy atom. The summed E-state index contributed by atoms with van der Waals surface area (Å²) < 4.78 is 0.958. The summed E-state index contributed by atoms with van der Waals surface area (Å²) in [5.41, 5.74) is 0.465. The quantitative estimate of drug-likeness (QED) is 0.805. The van der Waals surface area contributed by atoms with Crippen molar-refractivity contribution in [3.05, 3.63) is 31.7 Å². The van der Waals surface area contributed by atoms with Gasteiger partial charge >= 0.3 is 0 Å². The van der Waals surface area contributed by atoms with Crippen molar-refractivity contribution in [1.29, 1.82) is 0 Å². The minimum Gasteiger partial charge on any atom is -0.298 e. The average Bonchev–Trinajstić information content (AvgIpc) is 2.16. The summed E-state index contributed by atoms with van der Waals surface area (Å²) in [6.45, 7) is 0. The Labute approximate surface area is 96.7 Å². The van der Waals surface area contributed by atoms with E-state index in [-0.39, 0.29) is 16.7 Å². The molecule has 0 aliphatic heterocycles. The van der Waals surface area contributed by atoms with E-state index in [0.717, 1.165) is 0 Å². The number of carbonyl (C=O) groups excluding carboxylic acids is 3. The van der Waals surface area contributed by atoms with Crippen LogP contribution < -0.4 is 0 Å². The van der Waals surface area contributed by atoms with Crippen LogP contribution in [-0.4, -0.2) is 18.9 Å². The van der Waals surface area contributed by atoms with E-state index < -0.39 is 0 Å². The largest absolute Gasteiger partial charge is 0.298 e. The summed E-state index contributed by atoms with van der Waals surface area (Å²) in [5, 5.41) is 0. The molecule has 0 saturated carbocycles. The molecular formula is C9H4Br2O3. The van der Waals surface area contributed by atoms with E-state index in [2.05, 4.69) is 31.9 Å². The Hall–Kier alpha value is -0.810. The maximum absolute atomic E-state index is 10.7. The van der Waals surface area contributed by atoms with Gasteiger partial charge in [-0.1, -0.05) is 0 Å². The van der Waals surface area contributed by atoms with Gasteiger partial charge in [0.25, 0.3) is 0 Å². The standard InChI is InChI=1S/C9H4Br2O3/c10-8-1-9(11)7(4-14)5(2-12)6(8)3-13/h1-4H. The van der Waals surface area contributed by atoms with Gasteiger partial charge in [-0.05, 0) is 37.9 Å². The Morgan fingerprint density at radius 1 is 0.786 bits per heavy atom. The molecule has 0 unspecified atom stereocenters. The molecule has 0 fully saturated rings. The molecule has 5 heteroatoms. The Kier molecular flexibility index (Phi) is 3.71. The van der Waals surface area contributed by atoms with Crippen LogP contribution >= 0.6 is 31.9 Å². The fraction of sp³-hybridized carbons (Fsp3) is 0. The van der Waals surface area contributed by atoms with Crippen LogP contribution in [0.5, 0.6) is 0 Å². The van der Waals surface area contributed by atoms with Crippen LogP contribution in [0.15, 0.2) is 15.0 Å². The molecule has 1 aromatic carbocycles. The molecule has 72 valence electrons. The highest BCUT2D eigenvalue weighted by Crippen LogP contribution is 2.27. The van der Waals surface area contributed by atoms with Crippen LogP contribution in [0.4, 0.5) is 0 Å². The minimum absolute atomic E-state index is 0.0938. The lowest BCUT2D eigenvalue weighted by molar-refractivity contribution is 0.108. The zero-order valence-corrected chi connectivity index (χ0v) is 9.96. The van der Waals surface area contributed by atoms with Crippen molar-refractivity contribution in [2.45, 2.75) is 0 Å². The molecule has 0 atom stereocenters. The fourth-order valence-corrected chi connectivity index (χ4v) is 2.41. The smallest absolute Gasteiger partial charge is 0.151 e. The first kappa shape index (κ1) is 11.3. The monoisotopic (exact) mass is 318 g/mol. The third kappa shape index (κ3) is 1.83. The van der Waals surface area contributed by atoms with E-state index in [9.17, 15) is 14.4 Å². The van der Waals surface area contributed by atoms with Crippen molar-refractivity contribution >= 4 is 50.7 Å². The highest BCUT2D eigenvalue weighted by Gasteiger charge is 2.14. The number of hydrogen-bond acceptors (Lipinski definition) is 3. The van der Waals surface area contributed by atoms with Crippen molar-refractivity contribution in [2.24, 2.45) is 0 Å². The maximum Gasteiger partial charge on any atom is 0.151 e. The van der Waals surface area contributed by atoms with Gasteiger partial charge in [-0.15, -0.1) is 0 Å². The van der Waals surface area contributed by atoms with Crippen molar-refractivity contribution in [1.82, 2.24) is 0 Å². The van der Waals surface area contributed by atoms with E-state index in [0.29, 0.717) is 27.8 Å². The van der Waals surface area contributed by atoms with E-state index in [1.54, 1.807) is 6.07 Å². The first-order valence-corrected chi connectivity index (χ1v) is 5.11. The van der Waals surface area contributed by atoms with Gasteiger partial charge in [0.05, 0.1) is 0 Å². The lowest BCUT2D eigenvalue weighted by Gasteiger charge is -2.05. The van der Waals surface area contributed by atoms with Crippen molar-refractivity contribution in [3.63, 3.8) is 0 Å². The first-order valence-electron chi connectivity index (χ1n) is 3.53. The van der Waals surface area contributed by atoms with Crippen LogP contribution in [0.2, 0.25) is 0 Å². The van der Waals surface area contributed by atoms with Gasteiger partial charge in [-0.25, -0.2) is 0 Å². The summed E-state index contributed by atoms with van der Waals surface area (Å²) in [7, 11) is 0. The molecular weight excluding hydrogens is 316 g/mol. The summed E-state index contributed by atoms with van der Waals surface area (Å²) >= 11 is 6.25. The summed E-state index contributed by atoms with van der Waals surface area (Å²) in [6.07, 6.45) is 1.56. The second-order valence-corrected chi connectivity index (χ2v) is 4.14. The molecule has 0 saturated heterocycles. The van der Waals surface area contributed by atoms with E-state index in [1.807, 2.05) is 0 Å². The number of hydrogen-bond donors (Lipinski definition) is 0.